The lowest BCUT2D eigenvalue weighted by atomic mass is 10.00. The van der Waals surface area contributed by atoms with Crippen LogP contribution in [0.2, 0.25) is 0 Å². The van der Waals surface area contributed by atoms with Crippen molar-refractivity contribution < 1.29 is 9.59 Å². The van der Waals surface area contributed by atoms with Gasteiger partial charge in [-0.1, -0.05) is 17.2 Å². The minimum Gasteiger partial charge on any atom is -0.294 e. The van der Waals surface area contributed by atoms with Crippen molar-refractivity contribution >= 4 is 11.6 Å². The average Bonchev–Trinajstić information content (AvgIpc) is 2.74. The minimum atomic E-state index is -0.197. The molecule has 0 bridgehead atoms. The predicted octanol–water partition coefficient (Wildman–Crippen LogP) is 2.49. The van der Waals surface area contributed by atoms with Gasteiger partial charge in [0.25, 0.3) is 0 Å². The number of hydrogen-bond acceptors (Lipinski definition) is 3. The number of Topliss-reactive ketones (excluding diaryl/α,β-unsaturated/α-hetero) is 2. The highest BCUT2D eigenvalue weighted by Crippen LogP contribution is 2.12. The van der Waals surface area contributed by atoms with Crippen molar-refractivity contribution in [2.75, 3.05) is 0 Å². The van der Waals surface area contributed by atoms with E-state index in [4.69, 9.17) is 0 Å². The lowest BCUT2D eigenvalue weighted by Crippen LogP contribution is -2.08. The van der Waals surface area contributed by atoms with Crippen molar-refractivity contribution in [3.63, 3.8) is 0 Å². The molecule has 0 spiro atoms. The van der Waals surface area contributed by atoms with Gasteiger partial charge in [-0.2, -0.15) is 5.10 Å². The third-order valence-electron chi connectivity index (χ3n) is 2.89. The summed E-state index contributed by atoms with van der Waals surface area (Å²) in [5, 5.41) is 3.93. The molecule has 0 amide bonds. The second-order valence-corrected chi connectivity index (χ2v) is 4.80. The number of benzene rings is 1. The fraction of sp³-hybridized carbons (Fsp3) is 0.267. The summed E-state index contributed by atoms with van der Waals surface area (Å²) < 4.78 is 1.55. The van der Waals surface area contributed by atoms with Crippen molar-refractivity contribution in [2.45, 2.75) is 20.3 Å². The van der Waals surface area contributed by atoms with E-state index in [1.807, 2.05) is 32.0 Å². The summed E-state index contributed by atoms with van der Waals surface area (Å²) in [6.07, 6.45) is 2.99. The van der Waals surface area contributed by atoms with Gasteiger partial charge in [-0.05, 0) is 26.0 Å². The summed E-state index contributed by atoms with van der Waals surface area (Å²) in [6, 6.07) is 5.62. The Morgan fingerprint density at radius 2 is 1.63 bits per heavy atom. The van der Waals surface area contributed by atoms with Crippen LogP contribution in [0.3, 0.4) is 0 Å². The molecular formula is C15H16N2O2. The number of carbonyl (C=O) groups is 2. The van der Waals surface area contributed by atoms with Crippen LogP contribution >= 0.6 is 0 Å². The summed E-state index contributed by atoms with van der Waals surface area (Å²) >= 11 is 0. The maximum absolute atomic E-state index is 12.1. The predicted molar refractivity (Wildman–Crippen MR) is 72.4 cm³/mol. The van der Waals surface area contributed by atoms with E-state index in [1.165, 1.54) is 6.20 Å². The first-order chi connectivity index (χ1) is 8.95. The van der Waals surface area contributed by atoms with Crippen molar-refractivity contribution in [1.29, 1.82) is 0 Å². The van der Waals surface area contributed by atoms with E-state index in [-0.39, 0.29) is 18.0 Å². The Hall–Kier alpha value is -2.23. The molecule has 0 aliphatic carbocycles. The minimum absolute atomic E-state index is 0.116. The standard InChI is InChI=1S/C15H16N2O2/c1-10-4-11(2)6-12(5-10)14(18)7-15(19)13-8-16-17(3)9-13/h4-6,8-9H,7H2,1-3H3. The second-order valence-electron chi connectivity index (χ2n) is 4.80. The molecule has 1 aromatic heterocycles. The Bertz CT molecular complexity index is 621. The first-order valence-corrected chi connectivity index (χ1v) is 6.09. The van der Waals surface area contributed by atoms with Crippen molar-refractivity contribution in [1.82, 2.24) is 9.78 Å². The Balaban J connectivity index is 2.15. The van der Waals surface area contributed by atoms with E-state index in [9.17, 15) is 9.59 Å². The fourth-order valence-electron chi connectivity index (χ4n) is 2.05. The number of hydrogen-bond donors (Lipinski definition) is 0. The topological polar surface area (TPSA) is 52.0 Å². The van der Waals surface area contributed by atoms with Gasteiger partial charge in [0.1, 0.15) is 0 Å². The third kappa shape index (κ3) is 3.16. The molecule has 0 saturated heterocycles. The van der Waals surface area contributed by atoms with Crippen LogP contribution in [0.4, 0.5) is 0 Å². The first-order valence-electron chi connectivity index (χ1n) is 6.09. The van der Waals surface area contributed by atoms with Crippen molar-refractivity contribution in [2.24, 2.45) is 7.05 Å². The van der Waals surface area contributed by atoms with Crippen molar-refractivity contribution in [3.8, 4) is 0 Å². The van der Waals surface area contributed by atoms with Crippen LogP contribution in [0, 0.1) is 13.8 Å². The Labute approximate surface area is 112 Å². The molecule has 2 rings (SSSR count). The molecule has 19 heavy (non-hydrogen) atoms. The van der Waals surface area contributed by atoms with Crippen LogP contribution in [-0.4, -0.2) is 21.3 Å². The molecule has 0 N–H and O–H groups in total. The van der Waals surface area contributed by atoms with Gasteiger partial charge in [-0.25, -0.2) is 0 Å². The monoisotopic (exact) mass is 256 g/mol. The normalized spacial score (nSPS) is 10.5. The summed E-state index contributed by atoms with van der Waals surface area (Å²) in [4.78, 5) is 24.0. The summed E-state index contributed by atoms with van der Waals surface area (Å²) in [5.74, 6) is -0.349. The number of aryl methyl sites for hydroxylation is 3. The third-order valence-corrected chi connectivity index (χ3v) is 2.89. The highest BCUT2D eigenvalue weighted by atomic mass is 16.1. The van der Waals surface area contributed by atoms with Gasteiger partial charge >= 0.3 is 0 Å². The molecule has 98 valence electrons. The molecule has 0 saturated carbocycles. The molecule has 4 nitrogen and oxygen atoms in total. The van der Waals surface area contributed by atoms with Gasteiger partial charge in [0.05, 0.1) is 18.2 Å². The molecule has 0 radical (unpaired) electrons. The van der Waals surface area contributed by atoms with Crippen LogP contribution in [-0.2, 0) is 7.05 Å². The summed E-state index contributed by atoms with van der Waals surface area (Å²) in [6.45, 7) is 3.87. The van der Waals surface area contributed by atoms with Gasteiger partial charge < -0.3 is 0 Å². The number of carbonyl (C=O) groups excluding carboxylic acids is 2. The summed E-state index contributed by atoms with van der Waals surface area (Å²) in [7, 11) is 1.74. The smallest absolute Gasteiger partial charge is 0.173 e. The highest BCUT2D eigenvalue weighted by Gasteiger charge is 2.15. The Morgan fingerprint density at radius 1 is 1.05 bits per heavy atom. The number of rotatable bonds is 4. The van der Waals surface area contributed by atoms with E-state index in [1.54, 1.807) is 17.9 Å². The SMILES string of the molecule is Cc1cc(C)cc(C(=O)CC(=O)c2cnn(C)c2)c1. The Kier molecular flexibility index (Phi) is 3.60. The van der Waals surface area contributed by atoms with E-state index in [0.717, 1.165) is 11.1 Å². The molecule has 0 unspecified atom stereocenters. The van der Waals surface area contributed by atoms with Crippen LogP contribution in [0.1, 0.15) is 38.3 Å². The lowest BCUT2D eigenvalue weighted by molar-refractivity contribution is 0.0894. The van der Waals surface area contributed by atoms with Gasteiger partial charge in [-0.3, -0.25) is 14.3 Å². The molecule has 2 aromatic rings. The van der Waals surface area contributed by atoms with E-state index in [2.05, 4.69) is 5.10 Å². The number of ketones is 2. The van der Waals surface area contributed by atoms with Crippen LogP contribution in [0.25, 0.3) is 0 Å². The zero-order valence-corrected chi connectivity index (χ0v) is 11.3. The molecular weight excluding hydrogens is 240 g/mol. The first kappa shape index (κ1) is 13.2. The second kappa shape index (κ2) is 5.18. The van der Waals surface area contributed by atoms with Gasteiger partial charge in [0.2, 0.25) is 0 Å². The van der Waals surface area contributed by atoms with Gasteiger partial charge in [0, 0.05) is 18.8 Å². The van der Waals surface area contributed by atoms with Crippen LogP contribution in [0.5, 0.6) is 0 Å². The zero-order valence-electron chi connectivity index (χ0n) is 11.3. The lowest BCUT2D eigenvalue weighted by Gasteiger charge is -2.03. The van der Waals surface area contributed by atoms with Gasteiger partial charge in [-0.15, -0.1) is 0 Å². The molecule has 4 heteroatoms. The number of aromatic nitrogens is 2. The van der Waals surface area contributed by atoms with E-state index in [0.29, 0.717) is 11.1 Å². The average molecular weight is 256 g/mol. The molecule has 0 aliphatic rings. The molecule has 0 aliphatic heterocycles. The maximum Gasteiger partial charge on any atom is 0.173 e. The molecule has 0 atom stereocenters. The highest BCUT2D eigenvalue weighted by molar-refractivity contribution is 6.13. The zero-order chi connectivity index (χ0) is 14.0. The quantitative estimate of drug-likeness (QED) is 0.624. The maximum atomic E-state index is 12.1. The number of nitrogens with zero attached hydrogens (tertiary/aromatic N) is 2. The molecule has 1 aromatic carbocycles. The van der Waals surface area contributed by atoms with Gasteiger partial charge in [0.15, 0.2) is 11.6 Å². The van der Waals surface area contributed by atoms with E-state index >= 15 is 0 Å². The van der Waals surface area contributed by atoms with E-state index < -0.39 is 0 Å². The molecule has 0 fully saturated rings. The fourth-order valence-corrected chi connectivity index (χ4v) is 2.05. The Morgan fingerprint density at radius 3 is 2.16 bits per heavy atom. The molecule has 1 heterocycles. The largest absolute Gasteiger partial charge is 0.294 e. The van der Waals surface area contributed by atoms with Crippen LogP contribution < -0.4 is 0 Å². The van der Waals surface area contributed by atoms with Crippen molar-refractivity contribution in [3.05, 3.63) is 52.8 Å². The van der Waals surface area contributed by atoms with Crippen LogP contribution in [0.15, 0.2) is 30.6 Å². The summed E-state index contributed by atoms with van der Waals surface area (Å²) in [5.41, 5.74) is 3.12.